The first-order valence-corrected chi connectivity index (χ1v) is 10.7. The lowest BCUT2D eigenvalue weighted by Gasteiger charge is -2.39. The van der Waals surface area contributed by atoms with E-state index in [1.165, 1.54) is 5.56 Å². The zero-order chi connectivity index (χ0) is 20.1. The van der Waals surface area contributed by atoms with Crippen molar-refractivity contribution in [3.05, 3.63) is 35.9 Å². The second-order valence-electron chi connectivity index (χ2n) is 8.68. The minimum Gasteiger partial charge on any atom is -0.349 e. The van der Waals surface area contributed by atoms with Gasteiger partial charge < -0.3 is 9.80 Å². The summed E-state index contributed by atoms with van der Waals surface area (Å²) in [6.45, 7) is 5.45. The SMILES string of the molecule is CC(C(=O)N1CCC(Cc2ccccc2)CC1)N1CCC(C(=O)N(C)C)CC1. The molecule has 2 heterocycles. The van der Waals surface area contributed by atoms with E-state index in [-0.39, 0.29) is 23.8 Å². The average Bonchev–Trinajstić information content (AvgIpc) is 2.73. The van der Waals surface area contributed by atoms with Crippen LogP contribution in [0.2, 0.25) is 0 Å². The maximum atomic E-state index is 13.0. The Kier molecular flexibility index (Phi) is 7.11. The van der Waals surface area contributed by atoms with Crippen LogP contribution in [0.5, 0.6) is 0 Å². The van der Waals surface area contributed by atoms with E-state index in [2.05, 4.69) is 40.1 Å². The van der Waals surface area contributed by atoms with Gasteiger partial charge in [0.25, 0.3) is 0 Å². The number of likely N-dealkylation sites (tertiary alicyclic amines) is 2. The third kappa shape index (κ3) is 5.13. The molecule has 2 aliphatic rings. The normalized spacial score (nSPS) is 20.8. The van der Waals surface area contributed by atoms with Crippen LogP contribution >= 0.6 is 0 Å². The molecule has 1 aromatic carbocycles. The Morgan fingerprint density at radius 2 is 1.61 bits per heavy atom. The predicted octanol–water partition coefficient (Wildman–Crippen LogP) is 2.66. The Morgan fingerprint density at radius 3 is 2.18 bits per heavy atom. The lowest BCUT2D eigenvalue weighted by Crippen LogP contribution is -2.52. The van der Waals surface area contributed by atoms with Gasteiger partial charge in [-0.2, -0.15) is 0 Å². The highest BCUT2D eigenvalue weighted by atomic mass is 16.2. The van der Waals surface area contributed by atoms with E-state index in [9.17, 15) is 9.59 Å². The van der Waals surface area contributed by atoms with Gasteiger partial charge in [-0.3, -0.25) is 14.5 Å². The van der Waals surface area contributed by atoms with E-state index in [0.29, 0.717) is 5.92 Å². The number of hydrogen-bond donors (Lipinski definition) is 0. The molecule has 2 amide bonds. The van der Waals surface area contributed by atoms with E-state index in [1.54, 1.807) is 4.90 Å². The number of piperidine rings is 2. The summed E-state index contributed by atoms with van der Waals surface area (Å²) >= 11 is 0. The first-order valence-electron chi connectivity index (χ1n) is 10.7. The second-order valence-corrected chi connectivity index (χ2v) is 8.68. The summed E-state index contributed by atoms with van der Waals surface area (Å²) in [6.07, 6.45) is 5.01. The number of amides is 2. The van der Waals surface area contributed by atoms with Crippen molar-refractivity contribution in [1.29, 1.82) is 0 Å². The minimum atomic E-state index is -0.0823. The van der Waals surface area contributed by atoms with Crippen molar-refractivity contribution in [2.45, 2.75) is 45.1 Å². The van der Waals surface area contributed by atoms with Gasteiger partial charge in [0.05, 0.1) is 6.04 Å². The topological polar surface area (TPSA) is 43.9 Å². The number of carbonyl (C=O) groups is 2. The van der Waals surface area contributed by atoms with Crippen LogP contribution in [0.15, 0.2) is 30.3 Å². The summed E-state index contributed by atoms with van der Waals surface area (Å²) in [7, 11) is 3.64. The molecule has 154 valence electrons. The smallest absolute Gasteiger partial charge is 0.239 e. The van der Waals surface area contributed by atoms with Gasteiger partial charge in [-0.1, -0.05) is 30.3 Å². The van der Waals surface area contributed by atoms with Crippen molar-refractivity contribution < 1.29 is 9.59 Å². The Bertz CT molecular complexity index is 645. The Morgan fingerprint density at radius 1 is 1.00 bits per heavy atom. The van der Waals surface area contributed by atoms with Crippen molar-refractivity contribution >= 4 is 11.8 Å². The van der Waals surface area contributed by atoms with Crippen molar-refractivity contribution in [2.24, 2.45) is 11.8 Å². The lowest BCUT2D eigenvalue weighted by atomic mass is 9.90. The first kappa shape index (κ1) is 20.8. The molecule has 0 saturated carbocycles. The number of nitrogens with zero attached hydrogens (tertiary/aromatic N) is 3. The van der Waals surface area contributed by atoms with Gasteiger partial charge in [-0.15, -0.1) is 0 Å². The monoisotopic (exact) mass is 385 g/mol. The van der Waals surface area contributed by atoms with Crippen molar-refractivity contribution in [3.8, 4) is 0 Å². The van der Waals surface area contributed by atoms with Gasteiger partial charge in [0, 0.05) is 33.1 Å². The predicted molar refractivity (Wildman–Crippen MR) is 112 cm³/mol. The quantitative estimate of drug-likeness (QED) is 0.783. The molecular weight excluding hydrogens is 350 g/mol. The zero-order valence-corrected chi connectivity index (χ0v) is 17.6. The van der Waals surface area contributed by atoms with Crippen LogP contribution < -0.4 is 0 Å². The van der Waals surface area contributed by atoms with Crippen LogP contribution in [-0.4, -0.2) is 72.8 Å². The van der Waals surface area contributed by atoms with Gasteiger partial charge in [-0.05, 0) is 63.6 Å². The largest absolute Gasteiger partial charge is 0.349 e. The molecular formula is C23H35N3O2. The number of hydrogen-bond acceptors (Lipinski definition) is 3. The number of benzene rings is 1. The second kappa shape index (κ2) is 9.55. The molecule has 2 saturated heterocycles. The molecule has 0 bridgehead atoms. The molecule has 1 unspecified atom stereocenters. The summed E-state index contributed by atoms with van der Waals surface area (Å²) < 4.78 is 0. The summed E-state index contributed by atoms with van der Waals surface area (Å²) in [5.41, 5.74) is 1.40. The molecule has 2 fully saturated rings. The molecule has 1 atom stereocenters. The first-order chi connectivity index (χ1) is 13.5. The fraction of sp³-hybridized carbons (Fsp3) is 0.652. The van der Waals surface area contributed by atoms with E-state index in [4.69, 9.17) is 0 Å². The van der Waals surface area contributed by atoms with Crippen LogP contribution in [0.25, 0.3) is 0 Å². The highest BCUT2D eigenvalue weighted by Gasteiger charge is 2.33. The zero-order valence-electron chi connectivity index (χ0n) is 17.6. The third-order valence-corrected chi connectivity index (χ3v) is 6.52. The molecule has 2 aliphatic heterocycles. The highest BCUT2D eigenvalue weighted by Crippen LogP contribution is 2.24. The van der Waals surface area contributed by atoms with Gasteiger partial charge in [0.1, 0.15) is 0 Å². The van der Waals surface area contributed by atoms with E-state index in [1.807, 2.05) is 21.0 Å². The molecule has 0 spiro atoms. The van der Waals surface area contributed by atoms with Crippen molar-refractivity contribution in [3.63, 3.8) is 0 Å². The van der Waals surface area contributed by atoms with Crippen molar-refractivity contribution in [2.75, 3.05) is 40.3 Å². The van der Waals surface area contributed by atoms with Crippen LogP contribution in [-0.2, 0) is 16.0 Å². The standard InChI is InChI=1S/C23H35N3O2/c1-18(25-15-11-21(12-16-25)23(28)24(2)3)22(27)26-13-9-20(10-14-26)17-19-7-5-4-6-8-19/h4-8,18,20-21H,9-17H2,1-3H3. The average molecular weight is 386 g/mol. The summed E-state index contributed by atoms with van der Waals surface area (Å²) in [5, 5.41) is 0. The van der Waals surface area contributed by atoms with E-state index < -0.39 is 0 Å². The van der Waals surface area contributed by atoms with E-state index in [0.717, 1.165) is 58.3 Å². The molecule has 0 aromatic heterocycles. The maximum absolute atomic E-state index is 13.0. The fourth-order valence-electron chi connectivity index (χ4n) is 4.62. The van der Waals surface area contributed by atoms with E-state index >= 15 is 0 Å². The molecule has 0 N–H and O–H groups in total. The maximum Gasteiger partial charge on any atom is 0.239 e. The molecule has 0 radical (unpaired) electrons. The van der Waals surface area contributed by atoms with Gasteiger partial charge in [-0.25, -0.2) is 0 Å². The van der Waals surface area contributed by atoms with Crippen LogP contribution in [0.3, 0.4) is 0 Å². The Labute approximate surface area is 169 Å². The Balaban J connectivity index is 1.44. The third-order valence-electron chi connectivity index (χ3n) is 6.52. The molecule has 28 heavy (non-hydrogen) atoms. The molecule has 5 heteroatoms. The van der Waals surface area contributed by atoms with Gasteiger partial charge >= 0.3 is 0 Å². The molecule has 3 rings (SSSR count). The summed E-state index contributed by atoms with van der Waals surface area (Å²) in [5.74, 6) is 1.27. The summed E-state index contributed by atoms with van der Waals surface area (Å²) in [6, 6.07) is 10.6. The number of rotatable bonds is 5. The minimum absolute atomic E-state index is 0.0823. The van der Waals surface area contributed by atoms with Gasteiger partial charge in [0.15, 0.2) is 0 Å². The fourth-order valence-corrected chi connectivity index (χ4v) is 4.62. The van der Waals surface area contributed by atoms with Gasteiger partial charge in [0.2, 0.25) is 11.8 Å². The molecule has 0 aliphatic carbocycles. The summed E-state index contributed by atoms with van der Waals surface area (Å²) in [4.78, 5) is 31.2. The lowest BCUT2D eigenvalue weighted by molar-refractivity contribution is -0.139. The Hall–Kier alpha value is -1.88. The highest BCUT2D eigenvalue weighted by molar-refractivity contribution is 5.82. The van der Waals surface area contributed by atoms with Crippen LogP contribution in [0, 0.1) is 11.8 Å². The van der Waals surface area contributed by atoms with Crippen LogP contribution in [0.1, 0.15) is 38.2 Å². The molecule has 1 aromatic rings. The van der Waals surface area contributed by atoms with Crippen molar-refractivity contribution in [1.82, 2.24) is 14.7 Å². The molecule has 5 nitrogen and oxygen atoms in total. The number of carbonyl (C=O) groups excluding carboxylic acids is 2. The van der Waals surface area contributed by atoms with Crippen LogP contribution in [0.4, 0.5) is 0 Å².